The summed E-state index contributed by atoms with van der Waals surface area (Å²) in [6, 6.07) is -0.400. The van der Waals surface area contributed by atoms with Crippen molar-refractivity contribution in [2.45, 2.75) is 44.1 Å². The highest BCUT2D eigenvalue weighted by Gasteiger charge is 2.37. The van der Waals surface area contributed by atoms with Crippen LogP contribution in [0, 0.1) is 0 Å². The Bertz CT molecular complexity index is 454. The van der Waals surface area contributed by atoms with E-state index in [4.69, 9.17) is 5.11 Å². The first-order valence-electron chi connectivity index (χ1n) is 5.52. The third-order valence-corrected chi connectivity index (χ3v) is 6.68. The van der Waals surface area contributed by atoms with Gasteiger partial charge in [0.25, 0.3) is 0 Å². The van der Waals surface area contributed by atoms with Crippen LogP contribution in [-0.2, 0) is 19.9 Å². The van der Waals surface area contributed by atoms with Crippen LogP contribution in [-0.4, -0.2) is 50.8 Å². The number of rotatable bonds is 5. The molecule has 8 heteroatoms. The Hall–Kier alpha value is -0.180. The molecule has 3 unspecified atom stereocenters. The Labute approximate surface area is 102 Å². The number of sulfone groups is 1. The first-order chi connectivity index (χ1) is 7.62. The molecule has 1 rings (SSSR count). The molecule has 0 saturated carbocycles. The van der Waals surface area contributed by atoms with Gasteiger partial charge in [0.15, 0.2) is 9.84 Å². The first kappa shape index (κ1) is 14.9. The van der Waals surface area contributed by atoms with Gasteiger partial charge in [-0.25, -0.2) is 21.6 Å². The summed E-state index contributed by atoms with van der Waals surface area (Å²) >= 11 is 0. The number of nitrogens with one attached hydrogen (secondary N) is 1. The van der Waals surface area contributed by atoms with Gasteiger partial charge < -0.3 is 5.11 Å². The fourth-order valence-electron chi connectivity index (χ4n) is 1.94. The molecule has 0 aromatic heterocycles. The van der Waals surface area contributed by atoms with Crippen LogP contribution in [0.4, 0.5) is 0 Å². The van der Waals surface area contributed by atoms with E-state index in [1.165, 1.54) is 0 Å². The zero-order valence-electron chi connectivity index (χ0n) is 9.96. The second-order valence-electron chi connectivity index (χ2n) is 4.67. The van der Waals surface area contributed by atoms with Crippen molar-refractivity contribution in [3.8, 4) is 0 Å². The van der Waals surface area contributed by atoms with Crippen molar-refractivity contribution in [3.63, 3.8) is 0 Å². The molecular weight excluding hydrogens is 266 g/mol. The molecule has 1 saturated heterocycles. The number of hydrogen-bond acceptors (Lipinski definition) is 5. The van der Waals surface area contributed by atoms with Crippen LogP contribution in [0.1, 0.15) is 26.7 Å². The largest absolute Gasteiger partial charge is 0.393 e. The molecule has 0 aromatic rings. The molecule has 3 atom stereocenters. The third kappa shape index (κ3) is 4.53. The van der Waals surface area contributed by atoms with E-state index in [1.54, 1.807) is 13.8 Å². The normalized spacial score (nSPS) is 27.8. The van der Waals surface area contributed by atoms with Crippen LogP contribution in [0.25, 0.3) is 0 Å². The molecule has 0 amide bonds. The van der Waals surface area contributed by atoms with E-state index in [0.29, 0.717) is 6.42 Å². The lowest BCUT2D eigenvalue weighted by atomic mass is 10.2. The SMILES string of the molecule is CC(O)CC(C)NS(=O)(=O)C1CCS(=O)(=O)C1. The predicted molar refractivity (Wildman–Crippen MR) is 64.9 cm³/mol. The summed E-state index contributed by atoms with van der Waals surface area (Å²) in [6.07, 6.45) is -0.141. The number of aliphatic hydroxyl groups is 1. The van der Waals surface area contributed by atoms with Crippen molar-refractivity contribution in [1.29, 1.82) is 0 Å². The highest BCUT2D eigenvalue weighted by molar-refractivity contribution is 7.95. The summed E-state index contributed by atoms with van der Waals surface area (Å²) in [5.41, 5.74) is 0. The van der Waals surface area contributed by atoms with Gasteiger partial charge in [-0.1, -0.05) is 0 Å². The molecule has 102 valence electrons. The fourth-order valence-corrected chi connectivity index (χ4v) is 6.25. The molecule has 1 aliphatic rings. The Kier molecular flexibility index (Phi) is 4.56. The van der Waals surface area contributed by atoms with E-state index in [9.17, 15) is 16.8 Å². The quantitative estimate of drug-likeness (QED) is 0.692. The maximum Gasteiger partial charge on any atom is 0.215 e. The van der Waals surface area contributed by atoms with E-state index in [0.717, 1.165) is 0 Å². The molecular formula is C9H19NO5S2. The van der Waals surface area contributed by atoms with Gasteiger partial charge in [0, 0.05) is 6.04 Å². The van der Waals surface area contributed by atoms with Crippen molar-refractivity contribution < 1.29 is 21.9 Å². The highest BCUT2D eigenvalue weighted by atomic mass is 32.2. The van der Waals surface area contributed by atoms with Crippen LogP contribution in [0.2, 0.25) is 0 Å². The summed E-state index contributed by atoms with van der Waals surface area (Å²) < 4.78 is 48.6. The van der Waals surface area contributed by atoms with Gasteiger partial charge in [-0.2, -0.15) is 0 Å². The van der Waals surface area contributed by atoms with Gasteiger partial charge in [-0.3, -0.25) is 0 Å². The molecule has 0 bridgehead atoms. The van der Waals surface area contributed by atoms with Gasteiger partial charge in [0.2, 0.25) is 10.0 Å². The average Bonchev–Trinajstić information content (AvgIpc) is 2.43. The Morgan fingerprint density at radius 3 is 2.41 bits per heavy atom. The zero-order valence-corrected chi connectivity index (χ0v) is 11.6. The molecule has 0 aromatic carbocycles. The molecule has 6 nitrogen and oxygen atoms in total. The van der Waals surface area contributed by atoms with Gasteiger partial charge in [0.05, 0.1) is 22.9 Å². The first-order valence-corrected chi connectivity index (χ1v) is 8.89. The Balaban J connectivity index is 2.64. The van der Waals surface area contributed by atoms with Gasteiger partial charge in [0.1, 0.15) is 0 Å². The lowest BCUT2D eigenvalue weighted by Crippen LogP contribution is -2.41. The molecule has 0 radical (unpaired) electrons. The van der Waals surface area contributed by atoms with Crippen molar-refractivity contribution in [2.24, 2.45) is 0 Å². The van der Waals surface area contributed by atoms with Crippen LogP contribution < -0.4 is 4.72 Å². The fraction of sp³-hybridized carbons (Fsp3) is 1.00. The van der Waals surface area contributed by atoms with E-state index in [1.807, 2.05) is 0 Å². The van der Waals surface area contributed by atoms with Crippen molar-refractivity contribution >= 4 is 19.9 Å². The smallest absolute Gasteiger partial charge is 0.215 e. The van der Waals surface area contributed by atoms with Gasteiger partial charge >= 0.3 is 0 Å². The number of aliphatic hydroxyl groups excluding tert-OH is 1. The molecule has 17 heavy (non-hydrogen) atoms. The summed E-state index contributed by atoms with van der Waals surface area (Å²) in [7, 11) is -6.82. The number of sulfonamides is 1. The Morgan fingerprint density at radius 2 is 2.00 bits per heavy atom. The molecule has 1 aliphatic heterocycles. The Morgan fingerprint density at radius 1 is 1.41 bits per heavy atom. The van der Waals surface area contributed by atoms with E-state index in [-0.39, 0.29) is 17.9 Å². The molecule has 1 heterocycles. The maximum absolute atomic E-state index is 11.9. The lowest BCUT2D eigenvalue weighted by Gasteiger charge is -2.18. The lowest BCUT2D eigenvalue weighted by molar-refractivity contribution is 0.175. The minimum absolute atomic E-state index is 0.0661. The minimum Gasteiger partial charge on any atom is -0.393 e. The molecule has 0 aliphatic carbocycles. The zero-order chi connectivity index (χ0) is 13.3. The topological polar surface area (TPSA) is 101 Å². The molecule has 0 spiro atoms. The van der Waals surface area contributed by atoms with Gasteiger partial charge in [-0.05, 0) is 26.7 Å². The average molecular weight is 285 g/mol. The maximum atomic E-state index is 11.9. The van der Waals surface area contributed by atoms with E-state index < -0.39 is 37.3 Å². The summed E-state index contributed by atoms with van der Waals surface area (Å²) in [4.78, 5) is 0. The number of hydrogen-bond donors (Lipinski definition) is 2. The van der Waals surface area contributed by atoms with Crippen molar-refractivity contribution in [1.82, 2.24) is 4.72 Å². The predicted octanol–water partition coefficient (Wildman–Crippen LogP) is -0.748. The van der Waals surface area contributed by atoms with E-state index >= 15 is 0 Å². The van der Waals surface area contributed by atoms with Crippen molar-refractivity contribution in [3.05, 3.63) is 0 Å². The monoisotopic (exact) mass is 285 g/mol. The van der Waals surface area contributed by atoms with Crippen molar-refractivity contribution in [2.75, 3.05) is 11.5 Å². The van der Waals surface area contributed by atoms with Crippen LogP contribution in [0.15, 0.2) is 0 Å². The summed E-state index contributed by atoms with van der Waals surface area (Å²) in [5, 5.41) is 8.28. The second kappa shape index (κ2) is 5.21. The summed E-state index contributed by atoms with van der Waals surface area (Å²) in [5.74, 6) is -0.368. The van der Waals surface area contributed by atoms with Crippen LogP contribution in [0.5, 0.6) is 0 Å². The summed E-state index contributed by atoms with van der Waals surface area (Å²) in [6.45, 7) is 3.22. The van der Waals surface area contributed by atoms with Crippen LogP contribution >= 0.6 is 0 Å². The molecule has 2 N–H and O–H groups in total. The minimum atomic E-state index is -3.62. The highest BCUT2D eigenvalue weighted by Crippen LogP contribution is 2.18. The van der Waals surface area contributed by atoms with Crippen LogP contribution in [0.3, 0.4) is 0 Å². The standard InChI is InChI=1S/C9H19NO5S2/c1-7(5-8(2)11)10-17(14,15)9-3-4-16(12,13)6-9/h7-11H,3-6H2,1-2H3. The third-order valence-electron chi connectivity index (χ3n) is 2.69. The van der Waals surface area contributed by atoms with E-state index in [2.05, 4.69) is 4.72 Å². The second-order valence-corrected chi connectivity index (χ2v) is 8.89. The van der Waals surface area contributed by atoms with Gasteiger partial charge in [-0.15, -0.1) is 0 Å². The molecule has 1 fully saturated rings.